The van der Waals surface area contributed by atoms with Gasteiger partial charge in [0.05, 0.1) is 6.04 Å². The zero-order valence-corrected chi connectivity index (χ0v) is 8.24. The van der Waals surface area contributed by atoms with Gasteiger partial charge in [-0.3, -0.25) is 5.32 Å². The molecule has 1 heterocycles. The van der Waals surface area contributed by atoms with Crippen LogP contribution in [0.4, 0.5) is 0 Å². The predicted molar refractivity (Wildman–Crippen MR) is 54.2 cm³/mol. The van der Waals surface area contributed by atoms with E-state index in [1.54, 1.807) is 11.3 Å². The maximum atomic E-state index is 5.24. The number of rotatable bonds is 3. The van der Waals surface area contributed by atoms with Crippen molar-refractivity contribution in [3.63, 3.8) is 0 Å². The Kier molecular flexibility index (Phi) is 3.33. The largest absolute Gasteiger partial charge is 0.299 e. The number of thiophene rings is 1. The van der Waals surface area contributed by atoms with E-state index in [2.05, 4.69) is 29.6 Å². The number of hydrogen-bond donors (Lipinski definition) is 1. The quantitative estimate of drug-likeness (QED) is 0.701. The van der Waals surface area contributed by atoms with Gasteiger partial charge in [0.1, 0.15) is 0 Å². The molecule has 1 nitrogen and oxygen atoms in total. The first kappa shape index (κ1) is 9.31. The minimum Gasteiger partial charge on any atom is -0.299 e. The smallest absolute Gasteiger partial charge is 0.0661 e. The molecule has 64 valence electrons. The summed E-state index contributed by atoms with van der Waals surface area (Å²) in [6.07, 6.45) is 5.24. The third-order valence-corrected chi connectivity index (χ3v) is 2.81. The summed E-state index contributed by atoms with van der Waals surface area (Å²) in [6.45, 7) is 4.99. The Morgan fingerprint density at radius 3 is 3.00 bits per heavy atom. The average molecular weight is 179 g/mol. The number of hydrogen-bond acceptors (Lipinski definition) is 2. The summed E-state index contributed by atoms with van der Waals surface area (Å²) >= 11 is 1.77. The Bertz CT molecular complexity index is 282. The highest BCUT2D eigenvalue weighted by atomic mass is 32.1. The third kappa shape index (κ3) is 2.37. The molecule has 0 bridgehead atoms. The maximum absolute atomic E-state index is 5.24. The minimum absolute atomic E-state index is 0.159. The fourth-order valence-electron chi connectivity index (χ4n) is 0.890. The van der Waals surface area contributed by atoms with Gasteiger partial charge in [-0.25, -0.2) is 0 Å². The SMILES string of the molecule is C#CC(C)NCc1sccc1C. The van der Waals surface area contributed by atoms with E-state index in [0.29, 0.717) is 0 Å². The molecule has 0 aliphatic heterocycles. The summed E-state index contributed by atoms with van der Waals surface area (Å²) in [4.78, 5) is 1.37. The molecule has 0 saturated heterocycles. The van der Waals surface area contributed by atoms with Gasteiger partial charge in [0.15, 0.2) is 0 Å². The first-order valence-corrected chi connectivity index (χ1v) is 4.84. The number of aryl methyl sites for hydroxylation is 1. The monoisotopic (exact) mass is 179 g/mol. The Hall–Kier alpha value is -0.780. The molecule has 0 amide bonds. The van der Waals surface area contributed by atoms with E-state index < -0.39 is 0 Å². The molecule has 1 rings (SSSR count). The molecule has 2 heteroatoms. The molecule has 0 saturated carbocycles. The van der Waals surface area contributed by atoms with Gasteiger partial charge in [-0.1, -0.05) is 5.92 Å². The van der Waals surface area contributed by atoms with Gasteiger partial charge in [-0.2, -0.15) is 0 Å². The normalized spacial score (nSPS) is 12.4. The minimum atomic E-state index is 0.159. The molecule has 0 aromatic carbocycles. The van der Waals surface area contributed by atoms with Gasteiger partial charge in [0.25, 0.3) is 0 Å². The Labute approximate surface area is 77.8 Å². The highest BCUT2D eigenvalue weighted by molar-refractivity contribution is 7.10. The van der Waals surface area contributed by atoms with Gasteiger partial charge in [0, 0.05) is 11.4 Å². The number of terminal acetylenes is 1. The molecule has 0 spiro atoms. The zero-order valence-electron chi connectivity index (χ0n) is 7.42. The van der Waals surface area contributed by atoms with Crippen molar-refractivity contribution in [1.29, 1.82) is 0 Å². The van der Waals surface area contributed by atoms with Gasteiger partial charge in [-0.05, 0) is 30.9 Å². The Morgan fingerprint density at radius 1 is 1.75 bits per heavy atom. The van der Waals surface area contributed by atoms with Crippen LogP contribution in [0, 0.1) is 19.3 Å². The van der Waals surface area contributed by atoms with Gasteiger partial charge in [-0.15, -0.1) is 17.8 Å². The first-order valence-electron chi connectivity index (χ1n) is 3.96. The van der Waals surface area contributed by atoms with Crippen LogP contribution in [0.25, 0.3) is 0 Å². The Morgan fingerprint density at radius 2 is 2.50 bits per heavy atom. The second-order valence-corrected chi connectivity index (χ2v) is 3.80. The second-order valence-electron chi connectivity index (χ2n) is 2.80. The summed E-state index contributed by atoms with van der Waals surface area (Å²) in [5.41, 5.74) is 1.34. The van der Waals surface area contributed by atoms with Crippen molar-refractivity contribution in [1.82, 2.24) is 5.32 Å². The van der Waals surface area contributed by atoms with Crippen molar-refractivity contribution in [2.45, 2.75) is 26.4 Å². The molecule has 0 fully saturated rings. The highest BCUT2D eigenvalue weighted by Gasteiger charge is 2.00. The number of nitrogens with one attached hydrogen (secondary N) is 1. The van der Waals surface area contributed by atoms with E-state index in [-0.39, 0.29) is 6.04 Å². The lowest BCUT2D eigenvalue weighted by molar-refractivity contribution is 0.652. The lowest BCUT2D eigenvalue weighted by Crippen LogP contribution is -2.23. The van der Waals surface area contributed by atoms with Crippen LogP contribution in [0.3, 0.4) is 0 Å². The van der Waals surface area contributed by atoms with Gasteiger partial charge >= 0.3 is 0 Å². The molecule has 1 aromatic rings. The van der Waals surface area contributed by atoms with Crippen LogP contribution in [0.5, 0.6) is 0 Å². The van der Waals surface area contributed by atoms with E-state index >= 15 is 0 Å². The Balaban J connectivity index is 2.44. The van der Waals surface area contributed by atoms with E-state index in [0.717, 1.165) is 6.54 Å². The van der Waals surface area contributed by atoms with Crippen LogP contribution >= 0.6 is 11.3 Å². The molecule has 1 unspecified atom stereocenters. The van der Waals surface area contributed by atoms with Crippen LogP contribution in [-0.4, -0.2) is 6.04 Å². The van der Waals surface area contributed by atoms with Crippen LogP contribution in [0.1, 0.15) is 17.4 Å². The topological polar surface area (TPSA) is 12.0 Å². The molecule has 0 aliphatic rings. The first-order chi connectivity index (χ1) is 5.74. The van der Waals surface area contributed by atoms with Crippen molar-refractivity contribution >= 4 is 11.3 Å². The average Bonchev–Trinajstić information content (AvgIpc) is 2.47. The van der Waals surface area contributed by atoms with E-state index in [1.165, 1.54) is 10.4 Å². The van der Waals surface area contributed by atoms with Gasteiger partial charge < -0.3 is 0 Å². The fraction of sp³-hybridized carbons (Fsp3) is 0.400. The molecule has 1 atom stereocenters. The fourth-order valence-corrected chi connectivity index (χ4v) is 1.75. The molecule has 0 radical (unpaired) electrons. The zero-order chi connectivity index (χ0) is 8.97. The molecule has 1 aromatic heterocycles. The van der Waals surface area contributed by atoms with Crippen LogP contribution < -0.4 is 5.32 Å². The molecular formula is C10H13NS. The van der Waals surface area contributed by atoms with Gasteiger partial charge in [0.2, 0.25) is 0 Å². The summed E-state index contributed by atoms with van der Waals surface area (Å²) in [6, 6.07) is 2.29. The molecular weight excluding hydrogens is 166 g/mol. The molecule has 0 aliphatic carbocycles. The van der Waals surface area contributed by atoms with Crippen molar-refractivity contribution in [3.05, 3.63) is 21.9 Å². The molecule has 12 heavy (non-hydrogen) atoms. The van der Waals surface area contributed by atoms with E-state index in [1.807, 2.05) is 6.92 Å². The van der Waals surface area contributed by atoms with Crippen LogP contribution in [-0.2, 0) is 6.54 Å². The second kappa shape index (κ2) is 4.30. The summed E-state index contributed by atoms with van der Waals surface area (Å²) in [5.74, 6) is 2.64. The van der Waals surface area contributed by atoms with Crippen LogP contribution in [0.15, 0.2) is 11.4 Å². The van der Waals surface area contributed by atoms with Crippen LogP contribution in [0.2, 0.25) is 0 Å². The van der Waals surface area contributed by atoms with Crippen molar-refractivity contribution in [2.75, 3.05) is 0 Å². The summed E-state index contributed by atoms with van der Waals surface area (Å²) in [7, 11) is 0. The summed E-state index contributed by atoms with van der Waals surface area (Å²) < 4.78 is 0. The van der Waals surface area contributed by atoms with Crippen molar-refractivity contribution < 1.29 is 0 Å². The maximum Gasteiger partial charge on any atom is 0.0661 e. The predicted octanol–water partition coefficient (Wildman–Crippen LogP) is 2.17. The third-order valence-electron chi connectivity index (χ3n) is 1.79. The van der Waals surface area contributed by atoms with E-state index in [9.17, 15) is 0 Å². The molecule has 1 N–H and O–H groups in total. The van der Waals surface area contributed by atoms with E-state index in [4.69, 9.17) is 6.42 Å². The lowest BCUT2D eigenvalue weighted by atomic mass is 10.3. The van der Waals surface area contributed by atoms with Crippen molar-refractivity contribution in [3.8, 4) is 12.3 Å². The highest BCUT2D eigenvalue weighted by Crippen LogP contribution is 2.14. The lowest BCUT2D eigenvalue weighted by Gasteiger charge is -2.05. The summed E-state index contributed by atoms with van der Waals surface area (Å²) in [5, 5.41) is 5.35. The standard InChI is InChI=1S/C10H13NS/c1-4-9(3)11-7-10-8(2)5-6-12-10/h1,5-6,9,11H,7H2,2-3H3. The van der Waals surface area contributed by atoms with Crippen molar-refractivity contribution in [2.24, 2.45) is 0 Å².